The maximum atomic E-state index is 11.9. The number of likely N-dealkylation sites (tertiary alicyclic amines) is 1. The topological polar surface area (TPSA) is 48.0 Å². The standard InChI is InChI=1S/C14H25NO4/c1-5-11(6-2)7-8-12-13(19-10-18-4)14(16)15(12)9-17-3/h7-8,11-13H,5-6,9-10H2,1-4H3/b8-7+. The fraction of sp³-hybridized carbons (Fsp3) is 0.786. The summed E-state index contributed by atoms with van der Waals surface area (Å²) >= 11 is 0. The van der Waals surface area contributed by atoms with E-state index < -0.39 is 6.10 Å². The van der Waals surface area contributed by atoms with Crippen LogP contribution in [0.2, 0.25) is 0 Å². The molecule has 0 aliphatic carbocycles. The molecule has 0 aromatic carbocycles. The minimum Gasteiger partial charge on any atom is -0.364 e. The first-order valence-corrected chi connectivity index (χ1v) is 6.77. The molecule has 1 amide bonds. The molecular weight excluding hydrogens is 246 g/mol. The Labute approximate surface area is 115 Å². The number of hydrogen-bond donors (Lipinski definition) is 0. The van der Waals surface area contributed by atoms with E-state index in [2.05, 4.69) is 26.0 Å². The highest BCUT2D eigenvalue weighted by Gasteiger charge is 2.46. The van der Waals surface area contributed by atoms with Crippen molar-refractivity contribution in [3.05, 3.63) is 12.2 Å². The van der Waals surface area contributed by atoms with Gasteiger partial charge in [0.1, 0.15) is 13.5 Å². The van der Waals surface area contributed by atoms with Crippen molar-refractivity contribution in [1.29, 1.82) is 0 Å². The molecule has 1 heterocycles. The van der Waals surface area contributed by atoms with E-state index in [1.54, 1.807) is 19.1 Å². The molecule has 110 valence electrons. The van der Waals surface area contributed by atoms with Gasteiger partial charge >= 0.3 is 0 Å². The van der Waals surface area contributed by atoms with Gasteiger partial charge in [0.15, 0.2) is 6.10 Å². The summed E-state index contributed by atoms with van der Waals surface area (Å²) in [6.07, 6.45) is 5.98. The summed E-state index contributed by atoms with van der Waals surface area (Å²) < 4.78 is 15.3. The molecule has 0 aromatic rings. The van der Waals surface area contributed by atoms with Crippen molar-refractivity contribution in [3.8, 4) is 0 Å². The monoisotopic (exact) mass is 271 g/mol. The molecule has 5 heteroatoms. The zero-order valence-corrected chi connectivity index (χ0v) is 12.3. The highest BCUT2D eigenvalue weighted by molar-refractivity contribution is 5.89. The number of carbonyl (C=O) groups excluding carboxylic acids is 1. The smallest absolute Gasteiger partial charge is 0.256 e. The molecule has 1 aliphatic rings. The molecule has 2 unspecified atom stereocenters. The van der Waals surface area contributed by atoms with Crippen molar-refractivity contribution >= 4 is 5.91 Å². The predicted octanol–water partition coefficient (Wildman–Crippen LogP) is 1.78. The number of carbonyl (C=O) groups is 1. The Balaban J connectivity index is 2.64. The van der Waals surface area contributed by atoms with Gasteiger partial charge in [-0.05, 0) is 18.8 Å². The Kier molecular flexibility index (Phi) is 7.05. The molecule has 0 aromatic heterocycles. The summed E-state index contributed by atoms with van der Waals surface area (Å²) in [5.74, 6) is 0.501. The summed E-state index contributed by atoms with van der Waals surface area (Å²) in [6.45, 7) is 4.75. The fourth-order valence-electron chi connectivity index (χ4n) is 2.17. The minimum atomic E-state index is -0.444. The summed E-state index contributed by atoms with van der Waals surface area (Å²) in [4.78, 5) is 13.5. The van der Waals surface area contributed by atoms with Gasteiger partial charge in [-0.15, -0.1) is 0 Å². The average Bonchev–Trinajstić information content (AvgIpc) is 2.44. The largest absolute Gasteiger partial charge is 0.364 e. The van der Waals surface area contributed by atoms with Crippen LogP contribution < -0.4 is 0 Å². The maximum Gasteiger partial charge on any atom is 0.256 e. The second-order valence-corrected chi connectivity index (χ2v) is 4.67. The van der Waals surface area contributed by atoms with Gasteiger partial charge in [-0.1, -0.05) is 26.0 Å². The van der Waals surface area contributed by atoms with E-state index in [-0.39, 0.29) is 18.7 Å². The third kappa shape index (κ3) is 4.03. The second kappa shape index (κ2) is 8.30. The van der Waals surface area contributed by atoms with Crippen molar-refractivity contribution in [2.24, 2.45) is 5.92 Å². The van der Waals surface area contributed by atoms with E-state index in [1.807, 2.05) is 0 Å². The van der Waals surface area contributed by atoms with Gasteiger partial charge in [-0.2, -0.15) is 0 Å². The normalized spacial score (nSPS) is 23.4. The van der Waals surface area contributed by atoms with E-state index in [1.165, 1.54) is 0 Å². The lowest BCUT2D eigenvalue weighted by molar-refractivity contribution is -0.190. The van der Waals surface area contributed by atoms with E-state index in [4.69, 9.17) is 14.2 Å². The first kappa shape index (κ1) is 16.1. The number of rotatable bonds is 9. The van der Waals surface area contributed by atoms with Gasteiger partial charge in [0.25, 0.3) is 5.91 Å². The molecule has 0 bridgehead atoms. The molecule has 0 N–H and O–H groups in total. The van der Waals surface area contributed by atoms with Crippen LogP contribution in [0.3, 0.4) is 0 Å². The van der Waals surface area contributed by atoms with Crippen molar-refractivity contribution < 1.29 is 19.0 Å². The van der Waals surface area contributed by atoms with Crippen LogP contribution in [0.15, 0.2) is 12.2 Å². The lowest BCUT2D eigenvalue weighted by Gasteiger charge is -2.44. The maximum absolute atomic E-state index is 11.9. The Hall–Kier alpha value is -0.910. The fourth-order valence-corrected chi connectivity index (χ4v) is 2.17. The highest BCUT2D eigenvalue weighted by atomic mass is 16.7. The quantitative estimate of drug-likeness (QED) is 0.364. The molecule has 1 fully saturated rings. The molecule has 0 radical (unpaired) electrons. The molecule has 19 heavy (non-hydrogen) atoms. The molecule has 1 aliphatic heterocycles. The van der Waals surface area contributed by atoms with E-state index in [0.717, 1.165) is 12.8 Å². The van der Waals surface area contributed by atoms with Crippen molar-refractivity contribution in [3.63, 3.8) is 0 Å². The number of β-lactam (4-membered cyclic amide) rings is 1. The number of methoxy groups -OCH3 is 2. The number of amides is 1. The lowest BCUT2D eigenvalue weighted by Crippen LogP contribution is -2.65. The predicted molar refractivity (Wildman–Crippen MR) is 72.5 cm³/mol. The van der Waals surface area contributed by atoms with Gasteiger partial charge in [-0.3, -0.25) is 4.79 Å². The van der Waals surface area contributed by atoms with Crippen LogP contribution in [-0.4, -0.2) is 50.7 Å². The first-order chi connectivity index (χ1) is 9.19. The van der Waals surface area contributed by atoms with E-state index >= 15 is 0 Å². The molecule has 5 nitrogen and oxygen atoms in total. The van der Waals surface area contributed by atoms with E-state index in [0.29, 0.717) is 12.6 Å². The highest BCUT2D eigenvalue weighted by Crippen LogP contribution is 2.25. The molecule has 2 atom stereocenters. The second-order valence-electron chi connectivity index (χ2n) is 4.67. The molecule has 1 saturated heterocycles. The zero-order chi connectivity index (χ0) is 14.3. The zero-order valence-electron chi connectivity index (χ0n) is 12.3. The number of allylic oxidation sites excluding steroid dienone is 1. The van der Waals surface area contributed by atoms with Gasteiger partial charge in [0.2, 0.25) is 0 Å². The van der Waals surface area contributed by atoms with Gasteiger partial charge in [0.05, 0.1) is 6.04 Å². The van der Waals surface area contributed by atoms with Crippen molar-refractivity contribution in [1.82, 2.24) is 4.90 Å². The SMILES string of the molecule is CCC(/C=C/C1C(OCOC)C(=O)N1COC)CC. The Morgan fingerprint density at radius 2 is 1.95 bits per heavy atom. The Bertz CT molecular complexity index is 302. The Morgan fingerprint density at radius 3 is 2.47 bits per heavy atom. The molecule has 0 spiro atoms. The van der Waals surface area contributed by atoms with Crippen molar-refractivity contribution in [2.75, 3.05) is 27.7 Å². The number of ether oxygens (including phenoxy) is 3. The number of nitrogens with zero attached hydrogens (tertiary/aromatic N) is 1. The number of hydrogen-bond acceptors (Lipinski definition) is 4. The lowest BCUT2D eigenvalue weighted by atomic mass is 9.95. The summed E-state index contributed by atoms with van der Waals surface area (Å²) in [6, 6.07) is -0.0526. The van der Waals surface area contributed by atoms with Gasteiger partial charge < -0.3 is 19.1 Å². The van der Waals surface area contributed by atoms with Crippen LogP contribution in [0, 0.1) is 5.92 Å². The summed E-state index contributed by atoms with van der Waals surface area (Å²) in [5, 5.41) is 0. The third-order valence-corrected chi connectivity index (χ3v) is 3.46. The van der Waals surface area contributed by atoms with Crippen LogP contribution in [0.25, 0.3) is 0 Å². The molecule has 0 saturated carbocycles. The van der Waals surface area contributed by atoms with Crippen LogP contribution in [0.5, 0.6) is 0 Å². The van der Waals surface area contributed by atoms with Crippen molar-refractivity contribution in [2.45, 2.75) is 38.8 Å². The van der Waals surface area contributed by atoms with Crippen LogP contribution >= 0.6 is 0 Å². The van der Waals surface area contributed by atoms with Crippen LogP contribution in [0.4, 0.5) is 0 Å². The van der Waals surface area contributed by atoms with Gasteiger partial charge in [0, 0.05) is 14.2 Å². The summed E-state index contributed by atoms with van der Waals surface area (Å²) in [7, 11) is 3.13. The molecular formula is C14H25NO4. The van der Waals surface area contributed by atoms with Crippen LogP contribution in [-0.2, 0) is 19.0 Å². The minimum absolute atomic E-state index is 0.0434. The first-order valence-electron chi connectivity index (χ1n) is 6.77. The Morgan fingerprint density at radius 1 is 1.26 bits per heavy atom. The van der Waals surface area contributed by atoms with E-state index in [9.17, 15) is 4.79 Å². The average molecular weight is 271 g/mol. The summed E-state index contributed by atoms with van der Waals surface area (Å²) in [5.41, 5.74) is 0. The van der Waals surface area contributed by atoms with Gasteiger partial charge in [-0.25, -0.2) is 0 Å². The third-order valence-electron chi connectivity index (χ3n) is 3.46. The molecule has 1 rings (SSSR count). The van der Waals surface area contributed by atoms with Crippen LogP contribution in [0.1, 0.15) is 26.7 Å².